The van der Waals surface area contributed by atoms with Crippen molar-refractivity contribution in [2.24, 2.45) is 17.1 Å². The summed E-state index contributed by atoms with van der Waals surface area (Å²) < 4.78 is 5.47. The SMILES string of the molecule is NCC1(C2CCOCC2)CCCCCC1. The molecule has 0 radical (unpaired) electrons. The summed E-state index contributed by atoms with van der Waals surface area (Å²) in [4.78, 5) is 0. The first-order valence-corrected chi connectivity index (χ1v) is 6.65. The number of rotatable bonds is 2. The van der Waals surface area contributed by atoms with Crippen LogP contribution < -0.4 is 5.73 Å². The predicted octanol–water partition coefficient (Wildman–Crippen LogP) is 2.71. The van der Waals surface area contributed by atoms with E-state index in [0.29, 0.717) is 5.41 Å². The van der Waals surface area contributed by atoms with Crippen LogP contribution >= 0.6 is 0 Å². The Morgan fingerprint density at radius 1 is 1.00 bits per heavy atom. The molecule has 1 saturated carbocycles. The zero-order chi connectivity index (χ0) is 10.6. The maximum absolute atomic E-state index is 6.10. The zero-order valence-electron chi connectivity index (χ0n) is 9.84. The monoisotopic (exact) mass is 211 g/mol. The van der Waals surface area contributed by atoms with Gasteiger partial charge in [0.2, 0.25) is 0 Å². The van der Waals surface area contributed by atoms with Crippen LogP contribution in [0.1, 0.15) is 51.4 Å². The molecule has 0 unspecified atom stereocenters. The Morgan fingerprint density at radius 3 is 2.13 bits per heavy atom. The highest BCUT2D eigenvalue weighted by molar-refractivity contribution is 4.89. The highest BCUT2D eigenvalue weighted by Crippen LogP contribution is 2.44. The van der Waals surface area contributed by atoms with E-state index in [0.717, 1.165) is 25.7 Å². The lowest BCUT2D eigenvalue weighted by Crippen LogP contribution is -2.40. The van der Waals surface area contributed by atoms with E-state index in [1.54, 1.807) is 0 Å². The quantitative estimate of drug-likeness (QED) is 0.713. The molecule has 2 rings (SSSR count). The van der Waals surface area contributed by atoms with Gasteiger partial charge in [0.1, 0.15) is 0 Å². The molecule has 0 spiro atoms. The summed E-state index contributed by atoms with van der Waals surface area (Å²) in [6.07, 6.45) is 10.9. The minimum Gasteiger partial charge on any atom is -0.381 e. The van der Waals surface area contributed by atoms with E-state index in [1.165, 1.54) is 51.4 Å². The van der Waals surface area contributed by atoms with Gasteiger partial charge in [0, 0.05) is 13.2 Å². The summed E-state index contributed by atoms with van der Waals surface area (Å²) in [5, 5.41) is 0. The van der Waals surface area contributed by atoms with Crippen molar-refractivity contribution in [1.29, 1.82) is 0 Å². The van der Waals surface area contributed by atoms with Gasteiger partial charge in [-0.15, -0.1) is 0 Å². The van der Waals surface area contributed by atoms with E-state index in [4.69, 9.17) is 10.5 Å². The molecule has 1 aliphatic carbocycles. The fourth-order valence-electron chi connectivity index (χ4n) is 3.52. The van der Waals surface area contributed by atoms with Gasteiger partial charge in [-0.05, 0) is 43.6 Å². The third-order valence-electron chi connectivity index (χ3n) is 4.59. The van der Waals surface area contributed by atoms with Crippen LogP contribution in [0.2, 0.25) is 0 Å². The van der Waals surface area contributed by atoms with Crippen molar-refractivity contribution < 1.29 is 4.74 Å². The maximum atomic E-state index is 6.10. The molecule has 0 amide bonds. The van der Waals surface area contributed by atoms with E-state index in [2.05, 4.69) is 0 Å². The molecule has 0 atom stereocenters. The summed E-state index contributed by atoms with van der Waals surface area (Å²) in [6.45, 7) is 2.83. The summed E-state index contributed by atoms with van der Waals surface area (Å²) >= 11 is 0. The molecule has 1 saturated heterocycles. The molecular formula is C13H25NO. The van der Waals surface area contributed by atoms with Crippen LogP contribution in [-0.4, -0.2) is 19.8 Å². The van der Waals surface area contributed by atoms with E-state index in [9.17, 15) is 0 Å². The molecule has 0 bridgehead atoms. The van der Waals surface area contributed by atoms with Gasteiger partial charge in [-0.1, -0.05) is 25.7 Å². The number of nitrogens with two attached hydrogens (primary N) is 1. The fraction of sp³-hybridized carbons (Fsp3) is 1.00. The summed E-state index contributed by atoms with van der Waals surface area (Å²) in [7, 11) is 0. The minimum absolute atomic E-state index is 0.472. The summed E-state index contributed by atoms with van der Waals surface area (Å²) in [5.41, 5.74) is 6.57. The molecule has 2 nitrogen and oxygen atoms in total. The van der Waals surface area contributed by atoms with E-state index < -0.39 is 0 Å². The van der Waals surface area contributed by atoms with E-state index in [-0.39, 0.29) is 0 Å². The second-order valence-electron chi connectivity index (χ2n) is 5.37. The Hall–Kier alpha value is -0.0800. The lowest BCUT2D eigenvalue weighted by atomic mass is 9.67. The minimum atomic E-state index is 0.472. The molecule has 2 fully saturated rings. The Labute approximate surface area is 93.6 Å². The van der Waals surface area contributed by atoms with Crippen molar-refractivity contribution in [1.82, 2.24) is 0 Å². The molecule has 1 heterocycles. The second-order valence-corrected chi connectivity index (χ2v) is 5.37. The van der Waals surface area contributed by atoms with Gasteiger partial charge in [-0.2, -0.15) is 0 Å². The molecular weight excluding hydrogens is 186 g/mol. The molecule has 2 heteroatoms. The topological polar surface area (TPSA) is 35.2 Å². The first-order valence-electron chi connectivity index (χ1n) is 6.65. The fourth-order valence-corrected chi connectivity index (χ4v) is 3.52. The van der Waals surface area contributed by atoms with Crippen molar-refractivity contribution in [3.05, 3.63) is 0 Å². The van der Waals surface area contributed by atoms with Gasteiger partial charge in [-0.3, -0.25) is 0 Å². The van der Waals surface area contributed by atoms with Crippen molar-refractivity contribution in [2.45, 2.75) is 51.4 Å². The van der Waals surface area contributed by atoms with E-state index in [1.807, 2.05) is 0 Å². The Bertz CT molecular complexity index is 179. The average Bonchev–Trinajstić information content (AvgIpc) is 2.56. The zero-order valence-corrected chi connectivity index (χ0v) is 9.84. The molecule has 0 aromatic heterocycles. The molecule has 15 heavy (non-hydrogen) atoms. The predicted molar refractivity (Wildman–Crippen MR) is 62.7 cm³/mol. The first kappa shape index (κ1) is 11.4. The van der Waals surface area contributed by atoms with Crippen LogP contribution in [0.5, 0.6) is 0 Å². The van der Waals surface area contributed by atoms with Crippen LogP contribution in [-0.2, 0) is 4.74 Å². The molecule has 0 aromatic carbocycles. The summed E-state index contributed by atoms with van der Waals surface area (Å²) in [5.74, 6) is 0.842. The third kappa shape index (κ3) is 2.54. The Kier molecular flexibility index (Phi) is 4.04. The van der Waals surface area contributed by atoms with Gasteiger partial charge in [0.05, 0.1) is 0 Å². The standard InChI is InChI=1S/C13H25NO/c14-11-13(7-3-1-2-4-8-13)12-5-9-15-10-6-12/h12H,1-11,14H2. The lowest BCUT2D eigenvalue weighted by Gasteiger charge is -2.41. The normalized spacial score (nSPS) is 28.6. The van der Waals surface area contributed by atoms with Crippen LogP contribution in [0.15, 0.2) is 0 Å². The van der Waals surface area contributed by atoms with Gasteiger partial charge in [0.15, 0.2) is 0 Å². The van der Waals surface area contributed by atoms with Crippen LogP contribution in [0.25, 0.3) is 0 Å². The van der Waals surface area contributed by atoms with Gasteiger partial charge >= 0.3 is 0 Å². The van der Waals surface area contributed by atoms with Gasteiger partial charge < -0.3 is 10.5 Å². The lowest BCUT2D eigenvalue weighted by molar-refractivity contribution is 0.00575. The Morgan fingerprint density at radius 2 is 1.60 bits per heavy atom. The van der Waals surface area contributed by atoms with Crippen LogP contribution in [0.4, 0.5) is 0 Å². The van der Waals surface area contributed by atoms with Crippen molar-refractivity contribution in [3.63, 3.8) is 0 Å². The van der Waals surface area contributed by atoms with Crippen molar-refractivity contribution >= 4 is 0 Å². The highest BCUT2D eigenvalue weighted by Gasteiger charge is 2.38. The van der Waals surface area contributed by atoms with E-state index >= 15 is 0 Å². The van der Waals surface area contributed by atoms with Crippen molar-refractivity contribution in [3.8, 4) is 0 Å². The number of hydrogen-bond donors (Lipinski definition) is 1. The van der Waals surface area contributed by atoms with Crippen molar-refractivity contribution in [2.75, 3.05) is 19.8 Å². The molecule has 2 N–H and O–H groups in total. The van der Waals surface area contributed by atoms with Crippen LogP contribution in [0.3, 0.4) is 0 Å². The second kappa shape index (κ2) is 5.31. The number of ether oxygens (including phenoxy) is 1. The van der Waals surface area contributed by atoms with Crippen LogP contribution in [0, 0.1) is 11.3 Å². The molecule has 2 aliphatic rings. The number of hydrogen-bond acceptors (Lipinski definition) is 2. The molecule has 0 aromatic rings. The first-order chi connectivity index (χ1) is 7.37. The molecule has 1 aliphatic heterocycles. The molecule has 88 valence electrons. The maximum Gasteiger partial charge on any atom is 0.0468 e. The third-order valence-corrected chi connectivity index (χ3v) is 4.59. The highest BCUT2D eigenvalue weighted by atomic mass is 16.5. The average molecular weight is 211 g/mol. The largest absolute Gasteiger partial charge is 0.381 e. The smallest absolute Gasteiger partial charge is 0.0468 e. The summed E-state index contributed by atoms with van der Waals surface area (Å²) in [6, 6.07) is 0. The van der Waals surface area contributed by atoms with Gasteiger partial charge in [-0.25, -0.2) is 0 Å². The van der Waals surface area contributed by atoms with Gasteiger partial charge in [0.25, 0.3) is 0 Å². The Balaban J connectivity index is 2.03.